The van der Waals surface area contributed by atoms with Gasteiger partial charge in [-0.1, -0.05) is 92.0 Å². The molecule has 26 heavy (non-hydrogen) atoms. The van der Waals surface area contributed by atoms with Crippen molar-refractivity contribution in [1.29, 1.82) is 0 Å². The number of rotatable bonds is 6. The summed E-state index contributed by atoms with van der Waals surface area (Å²) in [6, 6.07) is 21.7. The van der Waals surface area contributed by atoms with Gasteiger partial charge in [0.25, 0.3) is 0 Å². The highest BCUT2D eigenvalue weighted by Gasteiger charge is 2.40. The number of oxime groups is 1. The Morgan fingerprint density at radius 3 is 2.15 bits per heavy atom. The normalized spacial score (nSPS) is 25.5. The molecule has 0 aliphatic carbocycles. The van der Waals surface area contributed by atoms with Gasteiger partial charge in [0.1, 0.15) is 0 Å². The van der Waals surface area contributed by atoms with Crippen molar-refractivity contribution < 1.29 is 5.21 Å². The topological polar surface area (TPSA) is 35.8 Å². The van der Waals surface area contributed by atoms with Crippen LogP contribution in [0.3, 0.4) is 0 Å². The first-order valence-corrected chi connectivity index (χ1v) is 9.79. The first kappa shape index (κ1) is 18.7. The third-order valence-corrected chi connectivity index (χ3v) is 5.71. The van der Waals surface area contributed by atoms with Crippen LogP contribution in [0.15, 0.2) is 65.8 Å². The number of hydrogen-bond donors (Lipinski definition) is 1. The largest absolute Gasteiger partial charge is 0.411 e. The highest BCUT2D eigenvalue weighted by Crippen LogP contribution is 2.44. The number of likely N-dealkylation sites (tertiary alicyclic amines) is 1. The summed E-state index contributed by atoms with van der Waals surface area (Å²) in [6.07, 6.45) is 5.46. The molecule has 0 radical (unpaired) electrons. The second-order valence-electron chi connectivity index (χ2n) is 7.35. The van der Waals surface area contributed by atoms with Gasteiger partial charge < -0.3 is 5.21 Å². The highest BCUT2D eigenvalue weighted by atomic mass is 16.4. The average Bonchev–Trinajstić information content (AvgIpc) is 2.70. The Labute approximate surface area is 157 Å². The maximum absolute atomic E-state index is 9.80. The SMILES string of the molecule is CCCCC[C@H]1C(=NO)C[C@@H](c2ccccc2)N(C)[C@@H]1c1ccccc1. The molecule has 1 aliphatic heterocycles. The zero-order valence-corrected chi connectivity index (χ0v) is 15.9. The molecule has 2 aromatic carbocycles. The van der Waals surface area contributed by atoms with E-state index in [1.54, 1.807) is 0 Å². The van der Waals surface area contributed by atoms with E-state index in [4.69, 9.17) is 0 Å². The molecule has 0 unspecified atom stereocenters. The molecule has 3 heteroatoms. The number of hydrogen-bond acceptors (Lipinski definition) is 3. The minimum atomic E-state index is 0.231. The van der Waals surface area contributed by atoms with Crippen molar-refractivity contribution >= 4 is 5.71 Å². The molecular formula is C23H30N2O. The van der Waals surface area contributed by atoms with Gasteiger partial charge in [0.15, 0.2) is 0 Å². The molecule has 3 atom stereocenters. The van der Waals surface area contributed by atoms with Gasteiger partial charge in [-0.15, -0.1) is 0 Å². The first-order chi connectivity index (χ1) is 12.8. The zero-order valence-electron chi connectivity index (χ0n) is 15.9. The maximum Gasteiger partial charge on any atom is 0.0639 e. The number of nitrogens with zero attached hydrogens (tertiary/aromatic N) is 2. The summed E-state index contributed by atoms with van der Waals surface area (Å²) in [5.41, 5.74) is 3.53. The molecule has 1 N–H and O–H groups in total. The lowest BCUT2D eigenvalue weighted by molar-refractivity contribution is 0.117. The molecule has 0 bridgehead atoms. The van der Waals surface area contributed by atoms with Crippen LogP contribution in [0.1, 0.15) is 62.2 Å². The predicted molar refractivity (Wildman–Crippen MR) is 108 cm³/mol. The van der Waals surface area contributed by atoms with Gasteiger partial charge in [-0.2, -0.15) is 0 Å². The van der Waals surface area contributed by atoms with E-state index in [1.165, 1.54) is 30.4 Å². The summed E-state index contributed by atoms with van der Waals surface area (Å²) in [4.78, 5) is 2.48. The van der Waals surface area contributed by atoms with Crippen molar-refractivity contribution in [2.45, 2.75) is 51.1 Å². The fourth-order valence-corrected chi connectivity index (χ4v) is 4.35. The van der Waals surface area contributed by atoms with Crippen LogP contribution in [-0.2, 0) is 0 Å². The van der Waals surface area contributed by atoms with Gasteiger partial charge in [0.05, 0.1) is 5.71 Å². The van der Waals surface area contributed by atoms with Crippen LogP contribution >= 0.6 is 0 Å². The van der Waals surface area contributed by atoms with Gasteiger partial charge >= 0.3 is 0 Å². The second-order valence-corrected chi connectivity index (χ2v) is 7.35. The molecule has 138 valence electrons. The van der Waals surface area contributed by atoms with E-state index in [0.717, 1.165) is 18.6 Å². The van der Waals surface area contributed by atoms with E-state index in [9.17, 15) is 5.21 Å². The Bertz CT molecular complexity index is 699. The summed E-state index contributed by atoms with van der Waals surface area (Å²) < 4.78 is 0. The lowest BCUT2D eigenvalue weighted by Gasteiger charge is -2.45. The third-order valence-electron chi connectivity index (χ3n) is 5.71. The highest BCUT2D eigenvalue weighted by molar-refractivity contribution is 5.88. The Morgan fingerprint density at radius 2 is 1.58 bits per heavy atom. The van der Waals surface area contributed by atoms with Crippen LogP contribution in [0.2, 0.25) is 0 Å². The van der Waals surface area contributed by atoms with E-state index in [0.29, 0.717) is 0 Å². The van der Waals surface area contributed by atoms with Gasteiger partial charge in [0, 0.05) is 24.4 Å². The first-order valence-electron chi connectivity index (χ1n) is 9.79. The minimum Gasteiger partial charge on any atom is -0.411 e. The molecule has 3 nitrogen and oxygen atoms in total. The fourth-order valence-electron chi connectivity index (χ4n) is 4.35. The lowest BCUT2D eigenvalue weighted by atomic mass is 9.76. The number of benzene rings is 2. The summed E-state index contributed by atoms with van der Waals surface area (Å²) in [6.45, 7) is 2.23. The van der Waals surface area contributed by atoms with E-state index >= 15 is 0 Å². The van der Waals surface area contributed by atoms with Gasteiger partial charge in [-0.25, -0.2) is 0 Å². The molecule has 0 amide bonds. The average molecular weight is 351 g/mol. The van der Waals surface area contributed by atoms with Crippen molar-refractivity contribution in [3.8, 4) is 0 Å². The summed E-state index contributed by atoms with van der Waals surface area (Å²) in [5.74, 6) is 0.263. The Morgan fingerprint density at radius 1 is 0.962 bits per heavy atom. The third kappa shape index (κ3) is 3.99. The van der Waals surface area contributed by atoms with E-state index in [1.807, 2.05) is 0 Å². The molecule has 2 aromatic rings. The number of unbranched alkanes of at least 4 members (excludes halogenated alkanes) is 2. The Hall–Kier alpha value is -2.13. The van der Waals surface area contributed by atoms with Crippen molar-refractivity contribution in [2.24, 2.45) is 11.1 Å². The summed E-state index contributed by atoms with van der Waals surface area (Å²) in [5, 5.41) is 13.6. The van der Waals surface area contributed by atoms with Crippen LogP contribution in [-0.4, -0.2) is 22.9 Å². The molecule has 1 saturated heterocycles. The van der Waals surface area contributed by atoms with Gasteiger partial charge in [0.2, 0.25) is 0 Å². The fraction of sp³-hybridized carbons (Fsp3) is 0.435. The van der Waals surface area contributed by atoms with Crippen LogP contribution in [0, 0.1) is 5.92 Å². The summed E-state index contributed by atoms with van der Waals surface area (Å²) in [7, 11) is 2.22. The zero-order chi connectivity index (χ0) is 18.4. The molecule has 1 heterocycles. The molecule has 1 aliphatic rings. The van der Waals surface area contributed by atoms with Gasteiger partial charge in [-0.05, 0) is 24.6 Å². The van der Waals surface area contributed by atoms with Gasteiger partial charge in [-0.3, -0.25) is 4.90 Å². The van der Waals surface area contributed by atoms with Crippen molar-refractivity contribution in [3.63, 3.8) is 0 Å². The molecule has 3 rings (SSSR count). The van der Waals surface area contributed by atoms with Crippen LogP contribution in [0.25, 0.3) is 0 Å². The van der Waals surface area contributed by atoms with E-state index in [2.05, 4.69) is 84.7 Å². The maximum atomic E-state index is 9.80. The molecule has 0 spiro atoms. The smallest absolute Gasteiger partial charge is 0.0639 e. The van der Waals surface area contributed by atoms with Crippen LogP contribution in [0.5, 0.6) is 0 Å². The molecular weight excluding hydrogens is 320 g/mol. The predicted octanol–water partition coefficient (Wildman–Crippen LogP) is 5.83. The lowest BCUT2D eigenvalue weighted by Crippen LogP contribution is -2.43. The molecule has 1 fully saturated rings. The van der Waals surface area contributed by atoms with E-state index < -0.39 is 0 Å². The number of piperidine rings is 1. The Kier molecular flexibility index (Phi) is 6.45. The molecule has 0 aromatic heterocycles. The van der Waals surface area contributed by atoms with E-state index in [-0.39, 0.29) is 18.0 Å². The van der Waals surface area contributed by atoms with Crippen molar-refractivity contribution in [1.82, 2.24) is 4.90 Å². The minimum absolute atomic E-state index is 0.231. The quantitative estimate of drug-likeness (QED) is 0.404. The van der Waals surface area contributed by atoms with Crippen molar-refractivity contribution in [3.05, 3.63) is 71.8 Å². The van der Waals surface area contributed by atoms with Crippen LogP contribution < -0.4 is 0 Å². The second kappa shape index (κ2) is 9.00. The molecule has 0 saturated carbocycles. The van der Waals surface area contributed by atoms with Crippen molar-refractivity contribution in [2.75, 3.05) is 7.05 Å². The monoisotopic (exact) mass is 350 g/mol. The Balaban J connectivity index is 1.97. The summed E-state index contributed by atoms with van der Waals surface area (Å²) >= 11 is 0. The van der Waals surface area contributed by atoms with Crippen LogP contribution in [0.4, 0.5) is 0 Å². The standard InChI is InChI=1S/C23H30N2O/c1-3-4-7-16-20-21(24-26)17-22(18-12-8-5-9-13-18)25(2)23(20)19-14-10-6-11-15-19/h5-6,8-15,20,22-23,26H,3-4,7,16-17H2,1-2H3/t20-,22-,23+/m0/s1.